The van der Waals surface area contributed by atoms with Gasteiger partial charge in [0.25, 0.3) is 0 Å². The first-order valence-corrected chi connectivity index (χ1v) is 8.61. The van der Waals surface area contributed by atoms with E-state index in [9.17, 15) is 14.7 Å². The van der Waals surface area contributed by atoms with E-state index < -0.39 is 12.1 Å². The lowest BCUT2D eigenvalue weighted by Gasteiger charge is -2.18. The van der Waals surface area contributed by atoms with Gasteiger partial charge in [0.05, 0.1) is 6.42 Å². The number of carboxylic acid groups (broad SMARTS) is 1. The third-order valence-electron chi connectivity index (χ3n) is 3.91. The molecule has 2 aromatic carbocycles. The maximum absolute atomic E-state index is 12.2. The number of carbonyl (C=O) groups excluding carboxylic acids is 1. The molecule has 0 aliphatic rings. The minimum absolute atomic E-state index is 0.103. The van der Waals surface area contributed by atoms with Crippen molar-refractivity contribution < 1.29 is 19.4 Å². The molecule has 0 saturated heterocycles. The number of ether oxygens (including phenoxy) is 1. The zero-order valence-electron chi connectivity index (χ0n) is 15.6. The minimum atomic E-state index is -0.989. The number of aryl methyl sites for hydroxylation is 2. The highest BCUT2D eigenvalue weighted by Gasteiger charge is 2.23. The summed E-state index contributed by atoms with van der Waals surface area (Å²) in [7, 11) is 0. The summed E-state index contributed by atoms with van der Waals surface area (Å²) >= 11 is 0. The number of carboxylic acids is 1. The lowest BCUT2D eigenvalue weighted by molar-refractivity contribution is -0.147. The van der Waals surface area contributed by atoms with Crippen molar-refractivity contribution in [3.05, 3.63) is 59.2 Å². The molecular formula is C21H25NO4. The van der Waals surface area contributed by atoms with Crippen LogP contribution in [0.25, 0.3) is 0 Å². The van der Waals surface area contributed by atoms with Crippen molar-refractivity contribution in [3.8, 4) is 5.75 Å². The number of nitrogens with one attached hydrogen (secondary N) is 1. The van der Waals surface area contributed by atoms with Crippen LogP contribution in [0.4, 0.5) is 5.69 Å². The van der Waals surface area contributed by atoms with Crippen LogP contribution in [0.15, 0.2) is 42.5 Å². The summed E-state index contributed by atoms with van der Waals surface area (Å²) in [4.78, 5) is 23.4. The monoisotopic (exact) mass is 355 g/mol. The van der Waals surface area contributed by atoms with Gasteiger partial charge in [0.1, 0.15) is 5.75 Å². The SMILES string of the molecule is Cc1cc(C)cc(NC(=O)Cc2ccc(OC(C(=O)O)C(C)C)cc2)c1. The number of hydrogen-bond acceptors (Lipinski definition) is 3. The largest absolute Gasteiger partial charge is 0.478 e. The number of hydrogen-bond donors (Lipinski definition) is 2. The van der Waals surface area contributed by atoms with Crippen LogP contribution in [0.3, 0.4) is 0 Å². The van der Waals surface area contributed by atoms with E-state index >= 15 is 0 Å². The molecule has 26 heavy (non-hydrogen) atoms. The Hall–Kier alpha value is -2.82. The average Bonchev–Trinajstić information content (AvgIpc) is 2.52. The van der Waals surface area contributed by atoms with Crippen LogP contribution in [-0.4, -0.2) is 23.1 Å². The molecule has 0 radical (unpaired) electrons. The number of carbonyl (C=O) groups is 2. The van der Waals surface area contributed by atoms with E-state index in [4.69, 9.17) is 4.74 Å². The second-order valence-corrected chi connectivity index (χ2v) is 6.87. The fourth-order valence-corrected chi connectivity index (χ4v) is 2.74. The molecule has 0 aromatic heterocycles. The Morgan fingerprint density at radius 1 is 1.04 bits per heavy atom. The number of rotatable bonds is 7. The Bertz CT molecular complexity index is 761. The molecule has 2 aromatic rings. The van der Waals surface area contributed by atoms with Gasteiger partial charge in [-0.05, 0) is 54.8 Å². The first-order chi connectivity index (χ1) is 12.2. The smallest absolute Gasteiger partial charge is 0.345 e. The molecule has 0 heterocycles. The minimum Gasteiger partial charge on any atom is -0.478 e. The van der Waals surface area contributed by atoms with E-state index in [1.807, 2.05) is 26.0 Å². The van der Waals surface area contributed by atoms with E-state index in [2.05, 4.69) is 11.4 Å². The fraction of sp³-hybridized carbons (Fsp3) is 0.333. The highest BCUT2D eigenvalue weighted by molar-refractivity contribution is 5.92. The Morgan fingerprint density at radius 3 is 2.12 bits per heavy atom. The quantitative estimate of drug-likeness (QED) is 0.788. The molecule has 1 atom stereocenters. The van der Waals surface area contributed by atoms with Gasteiger partial charge in [-0.25, -0.2) is 4.79 Å². The van der Waals surface area contributed by atoms with Gasteiger partial charge in [0.2, 0.25) is 5.91 Å². The first kappa shape index (κ1) is 19.5. The predicted molar refractivity (Wildman–Crippen MR) is 102 cm³/mol. The summed E-state index contributed by atoms with van der Waals surface area (Å²) in [6.07, 6.45) is -0.659. The third-order valence-corrected chi connectivity index (χ3v) is 3.91. The van der Waals surface area contributed by atoms with Crippen molar-refractivity contribution in [2.45, 2.75) is 40.2 Å². The predicted octanol–water partition coefficient (Wildman–Crippen LogP) is 3.97. The average molecular weight is 355 g/mol. The van der Waals surface area contributed by atoms with Gasteiger partial charge in [-0.1, -0.05) is 32.0 Å². The summed E-state index contributed by atoms with van der Waals surface area (Å²) in [5.74, 6) is -0.758. The van der Waals surface area contributed by atoms with Crippen LogP contribution >= 0.6 is 0 Å². The standard InChI is InChI=1S/C21H25NO4/c1-13(2)20(21(24)25)26-18-7-5-16(6-8-18)12-19(23)22-17-10-14(3)9-15(4)11-17/h5-11,13,20H,12H2,1-4H3,(H,22,23)(H,24,25). The van der Waals surface area contributed by atoms with Gasteiger partial charge in [-0.15, -0.1) is 0 Å². The normalized spacial score (nSPS) is 11.9. The van der Waals surface area contributed by atoms with E-state index in [1.54, 1.807) is 38.1 Å². The molecule has 0 aliphatic carbocycles. The summed E-state index contributed by atoms with van der Waals surface area (Å²) < 4.78 is 5.52. The Morgan fingerprint density at radius 2 is 1.62 bits per heavy atom. The molecule has 1 amide bonds. The Balaban J connectivity index is 1.98. The van der Waals surface area contributed by atoms with Crippen molar-refractivity contribution in [2.24, 2.45) is 5.92 Å². The van der Waals surface area contributed by atoms with Gasteiger partial charge in [-0.2, -0.15) is 0 Å². The number of amides is 1. The Kier molecular flexibility index (Phi) is 6.39. The van der Waals surface area contributed by atoms with Crippen molar-refractivity contribution in [3.63, 3.8) is 0 Å². The lowest BCUT2D eigenvalue weighted by atomic mass is 10.1. The van der Waals surface area contributed by atoms with Crippen molar-refractivity contribution in [1.29, 1.82) is 0 Å². The van der Waals surface area contributed by atoms with E-state index in [1.165, 1.54) is 0 Å². The zero-order valence-corrected chi connectivity index (χ0v) is 15.6. The van der Waals surface area contributed by atoms with E-state index in [-0.39, 0.29) is 18.2 Å². The van der Waals surface area contributed by atoms with Gasteiger partial charge >= 0.3 is 5.97 Å². The highest BCUT2D eigenvalue weighted by Crippen LogP contribution is 2.18. The van der Waals surface area contributed by atoms with E-state index in [0.29, 0.717) is 5.75 Å². The molecule has 0 saturated carbocycles. The number of benzene rings is 2. The summed E-state index contributed by atoms with van der Waals surface area (Å²) in [5.41, 5.74) is 3.81. The van der Waals surface area contributed by atoms with Crippen LogP contribution in [0.5, 0.6) is 5.75 Å². The number of aliphatic carboxylic acids is 1. The van der Waals surface area contributed by atoms with Crippen molar-refractivity contribution >= 4 is 17.6 Å². The summed E-state index contributed by atoms with van der Waals surface area (Å²) in [5, 5.41) is 12.1. The Labute approximate surface area is 154 Å². The topological polar surface area (TPSA) is 75.6 Å². The van der Waals surface area contributed by atoms with Crippen LogP contribution in [0, 0.1) is 19.8 Å². The second-order valence-electron chi connectivity index (χ2n) is 6.87. The van der Waals surface area contributed by atoms with Crippen molar-refractivity contribution in [1.82, 2.24) is 0 Å². The molecule has 0 fully saturated rings. The molecule has 2 rings (SSSR count). The van der Waals surface area contributed by atoms with Gasteiger partial charge < -0.3 is 15.2 Å². The second kappa shape index (κ2) is 8.52. The maximum atomic E-state index is 12.2. The lowest BCUT2D eigenvalue weighted by Crippen LogP contribution is -2.32. The fourth-order valence-electron chi connectivity index (χ4n) is 2.74. The van der Waals surface area contributed by atoms with Crippen LogP contribution in [0.2, 0.25) is 0 Å². The molecule has 1 unspecified atom stereocenters. The maximum Gasteiger partial charge on any atom is 0.345 e. The van der Waals surface area contributed by atoms with Crippen LogP contribution in [0.1, 0.15) is 30.5 Å². The summed E-state index contributed by atoms with van der Waals surface area (Å²) in [6, 6.07) is 12.8. The highest BCUT2D eigenvalue weighted by atomic mass is 16.5. The number of anilines is 1. The molecule has 0 bridgehead atoms. The molecule has 5 heteroatoms. The van der Waals surface area contributed by atoms with Crippen molar-refractivity contribution in [2.75, 3.05) is 5.32 Å². The van der Waals surface area contributed by atoms with Crippen LogP contribution < -0.4 is 10.1 Å². The summed E-state index contributed by atoms with van der Waals surface area (Å²) in [6.45, 7) is 7.57. The van der Waals surface area contributed by atoms with Crippen LogP contribution in [-0.2, 0) is 16.0 Å². The van der Waals surface area contributed by atoms with Gasteiger partial charge in [-0.3, -0.25) is 4.79 Å². The first-order valence-electron chi connectivity index (χ1n) is 8.61. The van der Waals surface area contributed by atoms with E-state index in [0.717, 1.165) is 22.4 Å². The molecule has 138 valence electrons. The molecule has 2 N–H and O–H groups in total. The molecular weight excluding hydrogens is 330 g/mol. The van der Waals surface area contributed by atoms with Gasteiger partial charge in [0, 0.05) is 11.6 Å². The molecule has 0 spiro atoms. The molecule has 0 aliphatic heterocycles. The third kappa shape index (κ3) is 5.62. The molecule has 5 nitrogen and oxygen atoms in total. The zero-order chi connectivity index (χ0) is 19.3. The van der Waals surface area contributed by atoms with Gasteiger partial charge in [0.15, 0.2) is 6.10 Å².